The van der Waals surface area contributed by atoms with Crippen LogP contribution in [0.4, 0.5) is 5.82 Å². The summed E-state index contributed by atoms with van der Waals surface area (Å²) >= 11 is 0. The van der Waals surface area contributed by atoms with Crippen molar-refractivity contribution in [3.8, 4) is 5.69 Å². The van der Waals surface area contributed by atoms with Crippen LogP contribution in [0.25, 0.3) is 22.5 Å². The number of hydrogen-bond acceptors (Lipinski definition) is 3. The molecular formula is C17H13N5OU+. The summed E-state index contributed by atoms with van der Waals surface area (Å²) in [6, 6.07) is 23.0. The number of H-pyrrole nitrogens is 1. The molecule has 2 heterocycles. The molecule has 4 aromatic rings. The number of nitrogens with zero attached hydrogens (tertiary/aromatic N) is 3. The van der Waals surface area contributed by atoms with Gasteiger partial charge < -0.3 is 15.9 Å². The molecule has 2 aromatic heterocycles. The molecule has 2 N–H and O–H groups in total. The molecule has 1 radical (unpaired) electrons. The molecular weight excluding hydrogens is 528 g/mol. The summed E-state index contributed by atoms with van der Waals surface area (Å²) in [5.41, 5.74) is 8.82. The molecule has 0 unspecified atom stereocenters. The van der Waals surface area contributed by atoms with Crippen molar-refractivity contribution in [2.45, 2.75) is 0 Å². The Hall–Kier alpha value is -2.36. The van der Waals surface area contributed by atoms with Gasteiger partial charge in [0.1, 0.15) is 5.52 Å². The van der Waals surface area contributed by atoms with Crippen LogP contribution in [0, 0.1) is 37.2 Å². The Morgan fingerprint density at radius 3 is 2.29 bits per heavy atom. The van der Waals surface area contributed by atoms with Gasteiger partial charge in [0.25, 0.3) is 5.56 Å². The molecule has 7 heteroatoms. The standard InChI is InChI=1S/C11H9N5O.C6H5.U/c12-11-10-8(13-14-11)6-9(17)16(15-10)7-4-2-1-3-5-7;1-2-4-6-5-3-1;/h1-6H,(H3,12,13,14,15,17);1-5H;/q;-1;+3/p-1. The number of benzene rings is 2. The normalized spacial score (nSPS) is 9.67. The molecule has 24 heavy (non-hydrogen) atoms. The van der Waals surface area contributed by atoms with Crippen LogP contribution >= 0.6 is 0 Å². The summed E-state index contributed by atoms with van der Waals surface area (Å²) in [6.45, 7) is 0. The fraction of sp³-hybridized carbons (Fsp3) is 0. The minimum absolute atomic E-state index is 0. The Balaban J connectivity index is 0.000000254. The Kier molecular flexibility index (Phi) is 6.36. The van der Waals surface area contributed by atoms with Crippen molar-refractivity contribution in [2.75, 3.05) is 0 Å². The SMILES string of the molecule is [NH-]c1n[nH]c2cc(=O)n(-c3ccccc3)nc12.[U+3].[c-]1ccccc1. The molecule has 0 aliphatic heterocycles. The number of aromatic amines is 1. The van der Waals surface area contributed by atoms with Gasteiger partial charge in [0.15, 0.2) is 0 Å². The first-order chi connectivity index (χ1) is 11.3. The van der Waals surface area contributed by atoms with Gasteiger partial charge in [-0.2, -0.15) is 46.2 Å². The van der Waals surface area contributed by atoms with Crippen molar-refractivity contribution in [3.63, 3.8) is 0 Å². The summed E-state index contributed by atoms with van der Waals surface area (Å²) in [6.07, 6.45) is 0. The average molecular weight is 541 g/mol. The summed E-state index contributed by atoms with van der Waals surface area (Å²) in [5.74, 6) is 0.0321. The topological polar surface area (TPSA) is 87.4 Å². The van der Waals surface area contributed by atoms with E-state index in [1.165, 1.54) is 10.7 Å². The van der Waals surface area contributed by atoms with Crippen molar-refractivity contribution in [2.24, 2.45) is 0 Å². The molecule has 2 aromatic carbocycles. The largest absolute Gasteiger partial charge is 3.00 e. The second kappa shape index (κ2) is 8.48. The number of para-hydroxylation sites is 1. The van der Waals surface area contributed by atoms with E-state index >= 15 is 0 Å². The van der Waals surface area contributed by atoms with Crippen molar-refractivity contribution in [1.82, 2.24) is 20.0 Å². The first kappa shape index (κ1) is 18.0. The smallest absolute Gasteiger partial charge is 0.479 e. The van der Waals surface area contributed by atoms with E-state index in [1.54, 1.807) is 12.1 Å². The number of hydrogen-bond donors (Lipinski definition) is 1. The van der Waals surface area contributed by atoms with E-state index in [4.69, 9.17) is 5.73 Å². The molecule has 115 valence electrons. The van der Waals surface area contributed by atoms with Crippen molar-refractivity contribution >= 4 is 16.9 Å². The van der Waals surface area contributed by atoms with Crippen LogP contribution in [0.15, 0.2) is 71.5 Å². The zero-order chi connectivity index (χ0) is 16.1. The minimum atomic E-state index is -0.257. The third-order valence-electron chi connectivity index (χ3n) is 3.05. The van der Waals surface area contributed by atoms with Gasteiger partial charge in [0.05, 0.1) is 11.2 Å². The average Bonchev–Trinajstić information content (AvgIpc) is 2.97. The molecule has 0 saturated heterocycles. The summed E-state index contributed by atoms with van der Waals surface area (Å²) < 4.78 is 1.26. The second-order valence-electron chi connectivity index (χ2n) is 4.64. The third-order valence-corrected chi connectivity index (χ3v) is 3.05. The monoisotopic (exact) mass is 541 g/mol. The van der Waals surface area contributed by atoms with E-state index in [-0.39, 0.29) is 42.5 Å². The maximum absolute atomic E-state index is 11.8. The summed E-state index contributed by atoms with van der Waals surface area (Å²) in [4.78, 5) is 11.8. The molecule has 0 spiro atoms. The number of fused-ring (bicyclic) bond motifs is 1. The van der Waals surface area contributed by atoms with E-state index in [0.717, 1.165) is 0 Å². The van der Waals surface area contributed by atoms with Crippen molar-refractivity contribution < 1.29 is 31.1 Å². The Bertz CT molecular complexity index is 924. The maximum Gasteiger partial charge on any atom is 3.00 e. The van der Waals surface area contributed by atoms with E-state index in [0.29, 0.717) is 16.7 Å². The first-order valence-electron chi connectivity index (χ1n) is 6.92. The van der Waals surface area contributed by atoms with Crippen molar-refractivity contribution in [3.05, 3.63) is 88.9 Å². The van der Waals surface area contributed by atoms with Crippen LogP contribution < -0.4 is 5.56 Å². The van der Waals surface area contributed by atoms with E-state index < -0.39 is 0 Å². The Morgan fingerprint density at radius 1 is 1.04 bits per heavy atom. The molecule has 0 amide bonds. The van der Waals surface area contributed by atoms with Gasteiger partial charge in [0.2, 0.25) is 0 Å². The Morgan fingerprint density at radius 2 is 1.71 bits per heavy atom. The molecule has 0 bridgehead atoms. The van der Waals surface area contributed by atoms with Crippen LogP contribution in [-0.2, 0) is 0 Å². The Labute approximate surface area is 162 Å². The number of aromatic nitrogens is 4. The van der Waals surface area contributed by atoms with Crippen LogP contribution in [0.2, 0.25) is 0 Å². The van der Waals surface area contributed by atoms with Crippen LogP contribution in [-0.4, -0.2) is 20.0 Å². The van der Waals surface area contributed by atoms with E-state index in [9.17, 15) is 4.79 Å². The van der Waals surface area contributed by atoms with Gasteiger partial charge >= 0.3 is 31.1 Å². The maximum atomic E-state index is 11.8. The first-order valence-corrected chi connectivity index (χ1v) is 6.92. The van der Waals surface area contributed by atoms with Gasteiger partial charge in [-0.1, -0.05) is 18.2 Å². The minimum Gasteiger partial charge on any atom is -0.479 e. The predicted octanol–water partition coefficient (Wildman–Crippen LogP) is 3.28. The zero-order valence-electron chi connectivity index (χ0n) is 12.6. The molecule has 0 aliphatic rings. The van der Waals surface area contributed by atoms with Crippen LogP contribution in [0.3, 0.4) is 0 Å². The van der Waals surface area contributed by atoms with Crippen LogP contribution in [0.1, 0.15) is 0 Å². The predicted molar refractivity (Wildman–Crippen MR) is 88.7 cm³/mol. The fourth-order valence-corrected chi connectivity index (χ4v) is 1.98. The zero-order valence-corrected chi connectivity index (χ0v) is 16.8. The van der Waals surface area contributed by atoms with E-state index in [2.05, 4.69) is 21.4 Å². The van der Waals surface area contributed by atoms with Gasteiger partial charge in [-0.25, -0.2) is 0 Å². The fourth-order valence-electron chi connectivity index (χ4n) is 1.98. The van der Waals surface area contributed by atoms with Gasteiger partial charge in [0, 0.05) is 6.07 Å². The molecule has 0 fully saturated rings. The third kappa shape index (κ3) is 4.13. The van der Waals surface area contributed by atoms with Crippen molar-refractivity contribution in [1.29, 1.82) is 0 Å². The number of nitrogens with one attached hydrogen (secondary N) is 2. The summed E-state index contributed by atoms with van der Waals surface area (Å²) in [7, 11) is 0. The molecule has 0 saturated carbocycles. The second-order valence-corrected chi connectivity index (χ2v) is 4.64. The van der Waals surface area contributed by atoms with Gasteiger partial charge in [-0.3, -0.25) is 4.79 Å². The molecule has 6 nitrogen and oxygen atoms in total. The quantitative estimate of drug-likeness (QED) is 0.376. The van der Waals surface area contributed by atoms with Crippen LogP contribution in [0.5, 0.6) is 0 Å². The van der Waals surface area contributed by atoms with E-state index in [1.807, 2.05) is 48.5 Å². The molecule has 0 aliphatic carbocycles. The van der Waals surface area contributed by atoms with Gasteiger partial charge in [-0.05, 0) is 18.0 Å². The molecule has 0 atom stereocenters. The van der Waals surface area contributed by atoms with Gasteiger partial charge in [-0.15, -0.1) is 0 Å². The summed E-state index contributed by atoms with van der Waals surface area (Å²) in [5, 5.41) is 10.4. The number of rotatable bonds is 1. The molecule has 4 rings (SSSR count).